The van der Waals surface area contributed by atoms with E-state index >= 15 is 0 Å². The topological polar surface area (TPSA) is 49.0 Å². The molecule has 4 nitrogen and oxygen atoms in total. The van der Waals surface area contributed by atoms with Crippen molar-refractivity contribution in [2.75, 3.05) is 19.6 Å². The summed E-state index contributed by atoms with van der Waals surface area (Å²) >= 11 is 2.09. The van der Waals surface area contributed by atoms with Crippen molar-refractivity contribution in [1.82, 2.24) is 14.9 Å². The van der Waals surface area contributed by atoms with Gasteiger partial charge in [-0.05, 0) is 35.7 Å². The van der Waals surface area contributed by atoms with E-state index < -0.39 is 0 Å². The van der Waals surface area contributed by atoms with Gasteiger partial charge >= 0.3 is 0 Å². The highest BCUT2D eigenvalue weighted by Gasteiger charge is 2.21. The number of nitrogens with one attached hydrogen (secondary N) is 1. The van der Waals surface area contributed by atoms with Crippen molar-refractivity contribution < 1.29 is 0 Å². The molecular weight excluding hydrogens is 353 g/mol. The van der Waals surface area contributed by atoms with Crippen molar-refractivity contribution >= 4 is 22.6 Å². The molecule has 1 heterocycles. The van der Waals surface area contributed by atoms with Crippen LogP contribution in [0.4, 0.5) is 0 Å². The van der Waals surface area contributed by atoms with Gasteiger partial charge in [0.2, 0.25) is 0 Å². The number of aromatic amines is 1. The van der Waals surface area contributed by atoms with Crippen LogP contribution in [0, 0.1) is 3.57 Å². The lowest BCUT2D eigenvalue weighted by Crippen LogP contribution is -2.29. The van der Waals surface area contributed by atoms with Crippen LogP contribution in [0.5, 0.6) is 0 Å². The van der Waals surface area contributed by atoms with E-state index in [1.165, 1.54) is 0 Å². The number of hydrogen-bond acceptors (Lipinski definition) is 3. The maximum Gasteiger partial charge on any atom is 0.264 e. The molecule has 1 aromatic rings. The molecule has 0 spiro atoms. The van der Waals surface area contributed by atoms with Crippen LogP contribution < -0.4 is 5.56 Å². The summed E-state index contributed by atoms with van der Waals surface area (Å²) in [7, 11) is 0. The van der Waals surface area contributed by atoms with Crippen molar-refractivity contribution in [3.63, 3.8) is 0 Å². The molecule has 0 aliphatic rings. The van der Waals surface area contributed by atoms with Gasteiger partial charge in [0.15, 0.2) is 0 Å². The molecule has 0 saturated heterocycles. The standard InChI is InChI=1S/C14H24IN3O/c1-6-18(7-2)9-8-10-16-12(14(3,4)5)11(15)13(19)17-10/h6-9H2,1-5H3,(H,16,17,19). The molecule has 19 heavy (non-hydrogen) atoms. The summed E-state index contributed by atoms with van der Waals surface area (Å²) in [6.07, 6.45) is 0.789. The third-order valence-corrected chi connectivity index (χ3v) is 4.18. The van der Waals surface area contributed by atoms with Gasteiger partial charge < -0.3 is 9.88 Å². The first-order valence-corrected chi connectivity index (χ1v) is 7.89. The molecule has 1 rings (SSSR count). The molecule has 108 valence electrons. The third-order valence-electron chi connectivity index (χ3n) is 3.18. The van der Waals surface area contributed by atoms with Gasteiger partial charge in [-0.15, -0.1) is 0 Å². The van der Waals surface area contributed by atoms with E-state index in [2.05, 4.69) is 72.1 Å². The monoisotopic (exact) mass is 377 g/mol. The molecule has 1 aromatic heterocycles. The van der Waals surface area contributed by atoms with Crippen LogP contribution in [-0.2, 0) is 11.8 Å². The van der Waals surface area contributed by atoms with Crippen LogP contribution in [-0.4, -0.2) is 34.5 Å². The van der Waals surface area contributed by atoms with Crippen molar-refractivity contribution in [3.05, 3.63) is 25.4 Å². The Labute approximate surface area is 129 Å². The van der Waals surface area contributed by atoms with Crippen molar-refractivity contribution in [2.24, 2.45) is 0 Å². The van der Waals surface area contributed by atoms with Crippen LogP contribution >= 0.6 is 22.6 Å². The second-order valence-corrected chi connectivity index (χ2v) is 6.78. The molecule has 0 aliphatic heterocycles. The predicted octanol–water partition coefficient (Wildman–Crippen LogP) is 2.56. The normalized spacial score (nSPS) is 12.2. The summed E-state index contributed by atoms with van der Waals surface area (Å²) in [5.41, 5.74) is 0.774. The Bertz CT molecular complexity index is 473. The largest absolute Gasteiger partial charge is 0.310 e. The lowest BCUT2D eigenvalue weighted by Gasteiger charge is -2.21. The molecule has 0 radical (unpaired) electrons. The van der Waals surface area contributed by atoms with Crippen LogP contribution in [0.3, 0.4) is 0 Å². The first-order chi connectivity index (χ1) is 8.79. The third kappa shape index (κ3) is 4.56. The van der Waals surface area contributed by atoms with Gasteiger partial charge in [-0.2, -0.15) is 0 Å². The molecular formula is C14H24IN3O. The molecule has 0 aromatic carbocycles. The van der Waals surface area contributed by atoms with Gasteiger partial charge in [0.1, 0.15) is 9.39 Å². The first kappa shape index (κ1) is 16.6. The van der Waals surface area contributed by atoms with Gasteiger partial charge in [-0.25, -0.2) is 4.98 Å². The van der Waals surface area contributed by atoms with E-state index in [1.54, 1.807) is 0 Å². The highest BCUT2D eigenvalue weighted by molar-refractivity contribution is 14.1. The summed E-state index contributed by atoms with van der Waals surface area (Å²) in [6.45, 7) is 13.5. The number of halogens is 1. The minimum Gasteiger partial charge on any atom is -0.310 e. The average Bonchev–Trinajstić information content (AvgIpc) is 2.33. The molecule has 0 unspecified atom stereocenters. The summed E-state index contributed by atoms with van der Waals surface area (Å²) in [5, 5.41) is 0. The van der Waals surface area contributed by atoms with Gasteiger partial charge in [0, 0.05) is 18.4 Å². The predicted molar refractivity (Wildman–Crippen MR) is 87.8 cm³/mol. The number of nitrogens with zero attached hydrogens (tertiary/aromatic N) is 2. The quantitative estimate of drug-likeness (QED) is 0.803. The number of H-pyrrole nitrogens is 1. The van der Waals surface area contributed by atoms with Crippen LogP contribution in [0.1, 0.15) is 46.1 Å². The zero-order chi connectivity index (χ0) is 14.6. The maximum atomic E-state index is 12.0. The number of rotatable bonds is 5. The SMILES string of the molecule is CCN(CC)CCc1nc(C(C)(C)C)c(I)c(=O)[nH]1. The lowest BCUT2D eigenvalue weighted by atomic mass is 9.92. The second-order valence-electron chi connectivity index (χ2n) is 5.70. The zero-order valence-electron chi connectivity index (χ0n) is 12.5. The molecule has 0 bridgehead atoms. The minimum absolute atomic E-state index is 0.0185. The Morgan fingerprint density at radius 2 is 1.84 bits per heavy atom. The summed E-state index contributed by atoms with van der Waals surface area (Å²) < 4.78 is 0.705. The Hall–Kier alpha value is -0.430. The highest BCUT2D eigenvalue weighted by Crippen LogP contribution is 2.22. The fourth-order valence-electron chi connectivity index (χ4n) is 1.92. The van der Waals surface area contributed by atoms with E-state index in [9.17, 15) is 4.79 Å². The fourth-order valence-corrected chi connectivity index (χ4v) is 2.99. The van der Waals surface area contributed by atoms with Gasteiger partial charge in [0.05, 0.1) is 5.69 Å². The van der Waals surface area contributed by atoms with Gasteiger partial charge in [-0.3, -0.25) is 4.79 Å². The molecule has 0 fully saturated rings. The Kier molecular flexibility index (Phi) is 5.98. The number of aromatic nitrogens is 2. The maximum absolute atomic E-state index is 12.0. The Morgan fingerprint density at radius 3 is 2.32 bits per heavy atom. The van der Waals surface area contributed by atoms with Crippen LogP contribution in [0.25, 0.3) is 0 Å². The molecule has 5 heteroatoms. The van der Waals surface area contributed by atoms with Crippen molar-refractivity contribution in [2.45, 2.75) is 46.5 Å². The average molecular weight is 377 g/mol. The van der Waals surface area contributed by atoms with E-state index in [0.29, 0.717) is 3.57 Å². The van der Waals surface area contributed by atoms with Crippen LogP contribution in [0.2, 0.25) is 0 Å². The number of hydrogen-bond donors (Lipinski definition) is 1. The van der Waals surface area contributed by atoms with Gasteiger partial charge in [0.25, 0.3) is 5.56 Å². The second kappa shape index (κ2) is 6.83. The van der Waals surface area contributed by atoms with Crippen molar-refractivity contribution in [1.29, 1.82) is 0 Å². The van der Waals surface area contributed by atoms with Gasteiger partial charge in [-0.1, -0.05) is 34.6 Å². The minimum atomic E-state index is -0.102. The highest BCUT2D eigenvalue weighted by atomic mass is 127. The molecule has 1 N–H and O–H groups in total. The molecule has 0 amide bonds. The fraction of sp³-hybridized carbons (Fsp3) is 0.714. The van der Waals surface area contributed by atoms with Crippen molar-refractivity contribution in [3.8, 4) is 0 Å². The smallest absolute Gasteiger partial charge is 0.264 e. The lowest BCUT2D eigenvalue weighted by molar-refractivity contribution is 0.305. The Balaban J connectivity index is 2.98. The van der Waals surface area contributed by atoms with E-state index in [1.807, 2.05) is 0 Å². The first-order valence-electron chi connectivity index (χ1n) is 6.81. The zero-order valence-corrected chi connectivity index (χ0v) is 14.7. The van der Waals surface area contributed by atoms with E-state index in [0.717, 1.165) is 37.6 Å². The molecule has 0 saturated carbocycles. The summed E-state index contributed by atoms with van der Waals surface area (Å²) in [5.74, 6) is 0.794. The number of likely N-dealkylation sites (N-methyl/N-ethyl adjacent to an activating group) is 1. The summed E-state index contributed by atoms with van der Waals surface area (Å²) in [6, 6.07) is 0. The van der Waals surface area contributed by atoms with E-state index in [4.69, 9.17) is 0 Å². The molecule has 0 atom stereocenters. The van der Waals surface area contributed by atoms with Crippen LogP contribution in [0.15, 0.2) is 4.79 Å². The summed E-state index contributed by atoms with van der Waals surface area (Å²) in [4.78, 5) is 21.8. The van der Waals surface area contributed by atoms with E-state index in [-0.39, 0.29) is 11.0 Å². The Morgan fingerprint density at radius 1 is 1.26 bits per heavy atom. The molecule has 0 aliphatic carbocycles.